The van der Waals surface area contributed by atoms with Crippen LogP contribution in [0.1, 0.15) is 36.8 Å². The molecule has 1 aliphatic heterocycles. The molecule has 1 aromatic rings. The summed E-state index contributed by atoms with van der Waals surface area (Å²) in [6, 6.07) is 5.64. The van der Waals surface area contributed by atoms with E-state index in [0.717, 1.165) is 36.9 Å². The van der Waals surface area contributed by atoms with Crippen molar-refractivity contribution in [2.24, 2.45) is 5.73 Å². The molecule has 1 heterocycles. The summed E-state index contributed by atoms with van der Waals surface area (Å²) in [6.07, 6.45) is 4.24. The zero-order chi connectivity index (χ0) is 13.7. The number of likely N-dealkylation sites (tertiary alicyclic amines) is 1. The minimum atomic E-state index is -0.170. The van der Waals surface area contributed by atoms with Crippen molar-refractivity contribution in [3.63, 3.8) is 0 Å². The third-order valence-electron chi connectivity index (χ3n) is 3.94. The van der Waals surface area contributed by atoms with Gasteiger partial charge in [-0.2, -0.15) is 0 Å². The van der Waals surface area contributed by atoms with Gasteiger partial charge in [-0.15, -0.1) is 0 Å². The second-order valence-corrected chi connectivity index (χ2v) is 5.26. The first-order valence-corrected chi connectivity index (χ1v) is 7.07. The van der Waals surface area contributed by atoms with Crippen LogP contribution >= 0.6 is 0 Å². The van der Waals surface area contributed by atoms with Crippen LogP contribution in [0.5, 0.6) is 0 Å². The summed E-state index contributed by atoms with van der Waals surface area (Å²) in [4.78, 5) is 2.29. The molecule has 3 nitrogen and oxygen atoms in total. The summed E-state index contributed by atoms with van der Waals surface area (Å²) in [7, 11) is 0. The van der Waals surface area contributed by atoms with Gasteiger partial charge in [0.1, 0.15) is 5.82 Å². The van der Waals surface area contributed by atoms with Crippen LogP contribution < -0.4 is 5.73 Å². The van der Waals surface area contributed by atoms with E-state index in [-0.39, 0.29) is 12.4 Å². The molecule has 0 radical (unpaired) electrons. The van der Waals surface area contributed by atoms with E-state index < -0.39 is 0 Å². The molecule has 1 unspecified atom stereocenters. The highest BCUT2D eigenvalue weighted by atomic mass is 19.1. The van der Waals surface area contributed by atoms with E-state index in [9.17, 15) is 4.39 Å². The first kappa shape index (κ1) is 14.4. The second kappa shape index (κ2) is 6.98. The molecule has 4 heteroatoms. The number of benzene rings is 1. The van der Waals surface area contributed by atoms with Gasteiger partial charge in [0.15, 0.2) is 0 Å². The molecule has 2 rings (SSSR count). The maximum Gasteiger partial charge on any atom is 0.128 e. The molecule has 0 aromatic heterocycles. The van der Waals surface area contributed by atoms with Gasteiger partial charge in [0.25, 0.3) is 0 Å². The monoisotopic (exact) mass is 266 g/mol. The summed E-state index contributed by atoms with van der Waals surface area (Å²) in [5.74, 6) is -0.170. The third kappa shape index (κ3) is 3.75. The lowest BCUT2D eigenvalue weighted by atomic mass is 9.98. The van der Waals surface area contributed by atoms with Gasteiger partial charge in [0.05, 0.1) is 0 Å². The lowest BCUT2D eigenvalue weighted by molar-refractivity contribution is 0.111. The van der Waals surface area contributed by atoms with Gasteiger partial charge in [0, 0.05) is 31.3 Å². The average molecular weight is 266 g/mol. The van der Waals surface area contributed by atoms with Crippen molar-refractivity contribution in [3.8, 4) is 0 Å². The lowest BCUT2D eigenvalue weighted by Crippen LogP contribution is -2.39. The van der Waals surface area contributed by atoms with Crippen LogP contribution in [-0.2, 0) is 13.1 Å². The molecule has 0 saturated carbocycles. The average Bonchev–Trinajstić information content (AvgIpc) is 2.43. The van der Waals surface area contributed by atoms with Gasteiger partial charge in [-0.3, -0.25) is 4.90 Å². The van der Waals surface area contributed by atoms with E-state index in [1.165, 1.54) is 12.5 Å². The summed E-state index contributed by atoms with van der Waals surface area (Å²) in [6.45, 7) is 2.19. The van der Waals surface area contributed by atoms with Crippen LogP contribution in [0.25, 0.3) is 0 Å². The van der Waals surface area contributed by atoms with E-state index in [1.807, 2.05) is 12.1 Å². The summed E-state index contributed by atoms with van der Waals surface area (Å²) in [5, 5.41) is 9.11. The molecule has 0 bridgehead atoms. The third-order valence-corrected chi connectivity index (χ3v) is 3.94. The number of aliphatic hydroxyl groups excluding tert-OH is 1. The number of hydrogen-bond acceptors (Lipinski definition) is 3. The number of nitrogens with zero attached hydrogens (tertiary/aromatic N) is 1. The van der Waals surface area contributed by atoms with Crippen LogP contribution in [-0.4, -0.2) is 29.2 Å². The number of rotatable bonds is 5. The van der Waals surface area contributed by atoms with Crippen LogP contribution in [0.15, 0.2) is 18.2 Å². The molecule has 0 spiro atoms. The van der Waals surface area contributed by atoms with Gasteiger partial charge in [-0.05, 0) is 37.4 Å². The number of halogens is 1. The molecule has 106 valence electrons. The van der Waals surface area contributed by atoms with Crippen molar-refractivity contribution in [3.05, 3.63) is 35.1 Å². The van der Waals surface area contributed by atoms with Crippen LogP contribution in [0, 0.1) is 5.82 Å². The number of piperidine rings is 1. The van der Waals surface area contributed by atoms with E-state index >= 15 is 0 Å². The Labute approximate surface area is 114 Å². The summed E-state index contributed by atoms with van der Waals surface area (Å²) in [5.41, 5.74) is 7.06. The topological polar surface area (TPSA) is 49.5 Å². The maximum absolute atomic E-state index is 14.0. The quantitative estimate of drug-likeness (QED) is 0.857. The van der Waals surface area contributed by atoms with Gasteiger partial charge < -0.3 is 10.8 Å². The zero-order valence-electron chi connectivity index (χ0n) is 11.3. The fourth-order valence-corrected chi connectivity index (χ4v) is 2.81. The van der Waals surface area contributed by atoms with Crippen LogP contribution in [0.3, 0.4) is 0 Å². The van der Waals surface area contributed by atoms with E-state index in [2.05, 4.69) is 4.90 Å². The first-order valence-electron chi connectivity index (χ1n) is 7.07. The van der Waals surface area contributed by atoms with Gasteiger partial charge in [0.2, 0.25) is 0 Å². The predicted molar refractivity (Wildman–Crippen MR) is 74.0 cm³/mol. The number of hydrogen-bond donors (Lipinski definition) is 2. The number of nitrogens with two attached hydrogens (primary N) is 1. The highest BCUT2D eigenvalue weighted by Crippen LogP contribution is 2.23. The Morgan fingerprint density at radius 3 is 2.89 bits per heavy atom. The second-order valence-electron chi connectivity index (χ2n) is 5.26. The van der Waals surface area contributed by atoms with Crippen molar-refractivity contribution in [1.82, 2.24) is 4.90 Å². The lowest BCUT2D eigenvalue weighted by Gasteiger charge is -2.35. The Kier molecular flexibility index (Phi) is 5.31. The Morgan fingerprint density at radius 1 is 1.37 bits per heavy atom. The normalized spacial score (nSPS) is 20.7. The smallest absolute Gasteiger partial charge is 0.128 e. The molecular formula is C15H23FN2O. The molecule has 1 aromatic carbocycles. The molecule has 1 atom stereocenters. The van der Waals surface area contributed by atoms with Crippen molar-refractivity contribution in [1.29, 1.82) is 0 Å². The highest BCUT2D eigenvalue weighted by Gasteiger charge is 2.22. The minimum Gasteiger partial charge on any atom is -0.396 e. The fourth-order valence-electron chi connectivity index (χ4n) is 2.81. The maximum atomic E-state index is 14.0. The van der Waals surface area contributed by atoms with Gasteiger partial charge in [-0.25, -0.2) is 4.39 Å². The largest absolute Gasteiger partial charge is 0.396 e. The summed E-state index contributed by atoms with van der Waals surface area (Å²) < 4.78 is 14.0. The van der Waals surface area contributed by atoms with Crippen molar-refractivity contribution in [2.45, 2.75) is 44.8 Å². The Morgan fingerprint density at radius 2 is 2.21 bits per heavy atom. The first-order chi connectivity index (χ1) is 9.24. The molecule has 0 amide bonds. The van der Waals surface area contributed by atoms with Gasteiger partial charge in [-0.1, -0.05) is 18.6 Å². The predicted octanol–water partition coefficient (Wildman–Crippen LogP) is 2.02. The molecule has 0 aliphatic carbocycles. The van der Waals surface area contributed by atoms with Crippen molar-refractivity contribution >= 4 is 0 Å². The van der Waals surface area contributed by atoms with Crippen molar-refractivity contribution in [2.75, 3.05) is 13.2 Å². The van der Waals surface area contributed by atoms with E-state index in [1.54, 1.807) is 0 Å². The zero-order valence-corrected chi connectivity index (χ0v) is 11.3. The Bertz CT molecular complexity index is 409. The molecule has 1 fully saturated rings. The SMILES string of the molecule is NCc1ccc(CN2CCCCC2CCO)c(F)c1. The minimum absolute atomic E-state index is 0.170. The number of aliphatic hydroxyl groups is 1. The highest BCUT2D eigenvalue weighted by molar-refractivity contribution is 5.24. The standard InChI is InChI=1S/C15H23FN2O/c16-15-9-12(10-17)4-5-13(15)11-18-7-2-1-3-14(18)6-8-19/h4-5,9,14,19H,1-3,6-8,10-11,17H2. The fraction of sp³-hybridized carbons (Fsp3) is 0.600. The molecule has 1 saturated heterocycles. The molecule has 3 N–H and O–H groups in total. The summed E-state index contributed by atoms with van der Waals surface area (Å²) >= 11 is 0. The van der Waals surface area contributed by atoms with E-state index in [0.29, 0.717) is 19.1 Å². The van der Waals surface area contributed by atoms with Crippen LogP contribution in [0.4, 0.5) is 4.39 Å². The Balaban J connectivity index is 2.06. The molecule has 1 aliphatic rings. The van der Waals surface area contributed by atoms with Crippen LogP contribution in [0.2, 0.25) is 0 Å². The molecule has 19 heavy (non-hydrogen) atoms. The van der Waals surface area contributed by atoms with Crippen molar-refractivity contribution < 1.29 is 9.50 Å². The van der Waals surface area contributed by atoms with E-state index in [4.69, 9.17) is 10.8 Å². The molecular weight excluding hydrogens is 243 g/mol. The Hall–Kier alpha value is -0.970. The van der Waals surface area contributed by atoms with Gasteiger partial charge >= 0.3 is 0 Å².